The minimum absolute atomic E-state index is 0.0590. The maximum absolute atomic E-state index is 12.3. The van der Waals surface area contributed by atoms with Crippen molar-refractivity contribution in [3.8, 4) is 0 Å². The highest BCUT2D eigenvalue weighted by molar-refractivity contribution is 5.96. The van der Waals surface area contributed by atoms with Crippen molar-refractivity contribution < 1.29 is 19.2 Å². The number of rotatable bonds is 7. The van der Waals surface area contributed by atoms with Gasteiger partial charge in [0.05, 0.1) is 17.4 Å². The molecule has 0 fully saturated rings. The van der Waals surface area contributed by atoms with Crippen LogP contribution < -0.4 is 0 Å². The molecule has 0 aromatic heterocycles. The van der Waals surface area contributed by atoms with Gasteiger partial charge in [-0.1, -0.05) is 42.5 Å². The highest BCUT2D eigenvalue weighted by Gasteiger charge is 2.37. The molecule has 6 nitrogen and oxygen atoms in total. The molecule has 0 N–H and O–H groups in total. The van der Waals surface area contributed by atoms with Crippen LogP contribution in [0, 0.1) is 10.1 Å². The van der Waals surface area contributed by atoms with Gasteiger partial charge in [0.1, 0.15) is 0 Å². The molecule has 0 amide bonds. The number of nitro benzene ring substituents is 1. The Bertz CT molecular complexity index is 770. The van der Waals surface area contributed by atoms with Gasteiger partial charge in [0.25, 0.3) is 5.69 Å². The van der Waals surface area contributed by atoms with Gasteiger partial charge in [-0.2, -0.15) is 0 Å². The van der Waals surface area contributed by atoms with Crippen LogP contribution >= 0.6 is 0 Å². The highest BCUT2D eigenvalue weighted by Crippen LogP contribution is 2.32. The number of nitrogens with zero attached hydrogens (tertiary/aromatic N) is 1. The Labute approximate surface area is 145 Å². The summed E-state index contributed by atoms with van der Waals surface area (Å²) in [6.45, 7) is 1.68. The SMILES string of the molecule is COC(=O)C(C)(CCC(=O)c1ccccc1)c1ccc([N+](=O)[O-])cc1. The second-order valence-corrected chi connectivity index (χ2v) is 5.92. The van der Waals surface area contributed by atoms with E-state index in [1.165, 1.54) is 31.4 Å². The predicted molar refractivity (Wildman–Crippen MR) is 92.5 cm³/mol. The largest absolute Gasteiger partial charge is 0.468 e. The zero-order valence-electron chi connectivity index (χ0n) is 14.1. The van der Waals surface area contributed by atoms with Crippen LogP contribution in [0.3, 0.4) is 0 Å². The number of non-ortho nitro benzene ring substituents is 1. The standard InChI is InChI=1S/C19H19NO5/c1-19(18(22)25-2,15-8-10-16(11-9-15)20(23)24)13-12-17(21)14-6-4-3-5-7-14/h3-11H,12-13H2,1-2H3. The molecule has 25 heavy (non-hydrogen) atoms. The molecular formula is C19H19NO5. The minimum Gasteiger partial charge on any atom is -0.468 e. The number of hydrogen-bond acceptors (Lipinski definition) is 5. The van der Waals surface area contributed by atoms with E-state index in [1.54, 1.807) is 31.2 Å². The van der Waals surface area contributed by atoms with Crippen molar-refractivity contribution in [2.45, 2.75) is 25.2 Å². The number of carbonyl (C=O) groups excluding carboxylic acids is 2. The lowest BCUT2D eigenvalue weighted by molar-refractivity contribution is -0.384. The first kappa shape index (κ1) is 18.3. The number of ketones is 1. The average Bonchev–Trinajstić information content (AvgIpc) is 2.65. The summed E-state index contributed by atoms with van der Waals surface area (Å²) < 4.78 is 4.90. The number of Topliss-reactive ketones (excluding diaryl/α,β-unsaturated/α-hetero) is 1. The van der Waals surface area contributed by atoms with E-state index in [0.717, 1.165) is 0 Å². The summed E-state index contributed by atoms with van der Waals surface area (Å²) >= 11 is 0. The highest BCUT2D eigenvalue weighted by atomic mass is 16.6. The lowest BCUT2D eigenvalue weighted by Gasteiger charge is -2.27. The number of nitro groups is 1. The summed E-state index contributed by atoms with van der Waals surface area (Å²) in [5, 5.41) is 10.8. The van der Waals surface area contributed by atoms with Gasteiger partial charge < -0.3 is 4.74 Å². The lowest BCUT2D eigenvalue weighted by Crippen LogP contribution is -2.34. The van der Waals surface area contributed by atoms with Gasteiger partial charge in [-0.05, 0) is 18.9 Å². The van der Waals surface area contributed by atoms with Crippen LogP contribution in [0.2, 0.25) is 0 Å². The van der Waals surface area contributed by atoms with Gasteiger partial charge >= 0.3 is 5.97 Å². The molecule has 0 saturated carbocycles. The molecule has 2 aromatic rings. The molecule has 0 aliphatic carbocycles. The van der Waals surface area contributed by atoms with Crippen LogP contribution in [-0.2, 0) is 14.9 Å². The zero-order valence-corrected chi connectivity index (χ0v) is 14.1. The number of hydrogen-bond donors (Lipinski definition) is 0. The molecule has 0 aliphatic rings. The van der Waals surface area contributed by atoms with Crippen molar-refractivity contribution in [3.63, 3.8) is 0 Å². The van der Waals surface area contributed by atoms with E-state index in [9.17, 15) is 19.7 Å². The maximum Gasteiger partial charge on any atom is 0.316 e. The topological polar surface area (TPSA) is 86.5 Å². The third-order valence-corrected chi connectivity index (χ3v) is 4.30. The summed E-state index contributed by atoms with van der Waals surface area (Å²) in [6.07, 6.45) is 0.401. The van der Waals surface area contributed by atoms with Gasteiger partial charge in [0.2, 0.25) is 0 Å². The molecule has 0 saturated heterocycles. The Morgan fingerprint density at radius 3 is 2.20 bits per heavy atom. The fraction of sp³-hybridized carbons (Fsp3) is 0.263. The summed E-state index contributed by atoms with van der Waals surface area (Å²) in [5.74, 6) is -0.556. The first-order valence-corrected chi connectivity index (χ1v) is 7.80. The van der Waals surface area contributed by atoms with E-state index in [4.69, 9.17) is 4.74 Å². The molecule has 0 aliphatic heterocycles. The molecule has 2 aromatic carbocycles. The quantitative estimate of drug-likeness (QED) is 0.332. The normalized spacial score (nSPS) is 12.9. The zero-order chi connectivity index (χ0) is 18.4. The van der Waals surface area contributed by atoms with Crippen molar-refractivity contribution in [2.24, 2.45) is 0 Å². The van der Waals surface area contributed by atoms with E-state index in [2.05, 4.69) is 0 Å². The van der Waals surface area contributed by atoms with Crippen LogP contribution in [0.1, 0.15) is 35.7 Å². The molecular weight excluding hydrogens is 322 g/mol. The van der Waals surface area contributed by atoms with Crippen molar-refractivity contribution in [3.05, 3.63) is 75.8 Å². The number of ether oxygens (including phenoxy) is 1. The molecule has 0 bridgehead atoms. The Kier molecular flexibility index (Phi) is 5.64. The maximum atomic E-state index is 12.3. The Hall–Kier alpha value is -3.02. The van der Waals surface area contributed by atoms with Crippen molar-refractivity contribution in [2.75, 3.05) is 7.11 Å². The van der Waals surface area contributed by atoms with Gasteiger partial charge in [0, 0.05) is 24.1 Å². The molecule has 2 rings (SSSR count). The van der Waals surface area contributed by atoms with E-state index < -0.39 is 16.3 Å². The second-order valence-electron chi connectivity index (χ2n) is 5.92. The Morgan fingerprint density at radius 1 is 1.08 bits per heavy atom. The number of carbonyl (C=O) groups is 2. The van der Waals surface area contributed by atoms with Gasteiger partial charge in [0.15, 0.2) is 5.78 Å². The number of benzene rings is 2. The molecule has 0 spiro atoms. The third-order valence-electron chi connectivity index (χ3n) is 4.30. The predicted octanol–water partition coefficient (Wildman–Crippen LogP) is 3.69. The first-order valence-electron chi connectivity index (χ1n) is 7.80. The monoisotopic (exact) mass is 341 g/mol. The van der Waals surface area contributed by atoms with Crippen molar-refractivity contribution in [1.82, 2.24) is 0 Å². The molecule has 0 heterocycles. The van der Waals surface area contributed by atoms with Crippen LogP contribution in [0.5, 0.6) is 0 Å². The van der Waals surface area contributed by atoms with Crippen molar-refractivity contribution in [1.29, 1.82) is 0 Å². The second kappa shape index (κ2) is 7.70. The summed E-state index contributed by atoms with van der Waals surface area (Å²) in [7, 11) is 1.28. The van der Waals surface area contributed by atoms with E-state index in [-0.39, 0.29) is 24.3 Å². The molecule has 1 unspecified atom stereocenters. The summed E-state index contributed by atoms with van der Waals surface area (Å²) in [6, 6.07) is 14.6. The van der Waals surface area contributed by atoms with E-state index >= 15 is 0 Å². The fourth-order valence-electron chi connectivity index (χ4n) is 2.67. The molecule has 0 radical (unpaired) electrons. The van der Waals surface area contributed by atoms with Crippen LogP contribution in [0.4, 0.5) is 5.69 Å². The lowest BCUT2D eigenvalue weighted by atomic mass is 9.77. The Morgan fingerprint density at radius 2 is 1.68 bits per heavy atom. The van der Waals surface area contributed by atoms with Crippen LogP contribution in [-0.4, -0.2) is 23.8 Å². The molecule has 1 atom stereocenters. The fourth-order valence-corrected chi connectivity index (χ4v) is 2.67. The van der Waals surface area contributed by atoms with E-state index in [0.29, 0.717) is 11.1 Å². The molecule has 6 heteroatoms. The van der Waals surface area contributed by atoms with Crippen LogP contribution in [0.25, 0.3) is 0 Å². The van der Waals surface area contributed by atoms with Gasteiger partial charge in [-0.25, -0.2) is 0 Å². The molecule has 130 valence electrons. The summed E-state index contributed by atoms with van der Waals surface area (Å²) in [5.41, 5.74) is 0.0365. The van der Waals surface area contributed by atoms with Crippen molar-refractivity contribution >= 4 is 17.4 Å². The minimum atomic E-state index is -1.06. The number of methoxy groups -OCH3 is 1. The van der Waals surface area contributed by atoms with Gasteiger partial charge in [-0.3, -0.25) is 19.7 Å². The summed E-state index contributed by atoms with van der Waals surface area (Å²) in [4.78, 5) is 35.0. The average molecular weight is 341 g/mol. The van der Waals surface area contributed by atoms with E-state index in [1.807, 2.05) is 6.07 Å². The number of esters is 1. The smallest absolute Gasteiger partial charge is 0.316 e. The third kappa shape index (κ3) is 4.09. The first-order chi connectivity index (χ1) is 11.9. The van der Waals surface area contributed by atoms with Crippen LogP contribution in [0.15, 0.2) is 54.6 Å². The Balaban J connectivity index is 2.24. The van der Waals surface area contributed by atoms with Gasteiger partial charge in [-0.15, -0.1) is 0 Å².